The van der Waals surface area contributed by atoms with Crippen LogP contribution in [0.1, 0.15) is 12.2 Å². The van der Waals surface area contributed by atoms with Crippen LogP contribution in [-0.2, 0) is 13.0 Å². The Balaban J connectivity index is 1.64. The van der Waals surface area contributed by atoms with E-state index in [4.69, 9.17) is 15.2 Å². The van der Waals surface area contributed by atoms with Crippen LogP contribution in [-0.4, -0.2) is 50.4 Å². The third-order valence-corrected chi connectivity index (χ3v) is 4.29. The molecule has 3 N–H and O–H groups in total. The number of nitrogen functional groups attached to an aromatic ring is 1. The smallest absolute Gasteiger partial charge is 0.225 e. The highest BCUT2D eigenvalue weighted by Crippen LogP contribution is 2.33. The number of nitrogens with one attached hydrogen (secondary N) is 1. The summed E-state index contributed by atoms with van der Waals surface area (Å²) >= 11 is 0. The maximum Gasteiger partial charge on any atom is 0.225 e. The van der Waals surface area contributed by atoms with E-state index in [-0.39, 0.29) is 6.04 Å². The molecule has 1 unspecified atom stereocenters. The predicted octanol–water partition coefficient (Wildman–Crippen LogP) is 0.643. The zero-order valence-corrected chi connectivity index (χ0v) is 13.9. The van der Waals surface area contributed by atoms with Crippen molar-refractivity contribution >= 4 is 22.7 Å². The van der Waals surface area contributed by atoms with Crippen molar-refractivity contribution in [2.75, 3.05) is 25.3 Å². The molecule has 0 bridgehead atoms. The van der Waals surface area contributed by atoms with Crippen LogP contribution >= 0.6 is 0 Å². The fourth-order valence-corrected chi connectivity index (χ4v) is 2.99. The first-order valence-electron chi connectivity index (χ1n) is 7.88. The Morgan fingerprint density at radius 3 is 2.80 bits per heavy atom. The summed E-state index contributed by atoms with van der Waals surface area (Å²) in [5, 5.41) is 15.7. The Morgan fingerprint density at radius 1 is 1.20 bits per heavy atom. The van der Waals surface area contributed by atoms with Gasteiger partial charge in [0.05, 0.1) is 19.7 Å². The van der Waals surface area contributed by atoms with E-state index in [0.29, 0.717) is 35.2 Å². The maximum absolute atomic E-state index is 6.11. The van der Waals surface area contributed by atoms with Gasteiger partial charge in [0.15, 0.2) is 17.3 Å². The lowest BCUT2D eigenvalue weighted by molar-refractivity contribution is 0.356. The van der Waals surface area contributed by atoms with Crippen molar-refractivity contribution in [3.63, 3.8) is 0 Å². The van der Waals surface area contributed by atoms with E-state index < -0.39 is 0 Å². The van der Waals surface area contributed by atoms with E-state index in [0.717, 1.165) is 24.2 Å². The molecule has 0 fully saturated rings. The molecule has 1 aromatic carbocycles. The largest absolute Gasteiger partial charge is 0.493 e. The van der Waals surface area contributed by atoms with Crippen molar-refractivity contribution in [2.45, 2.75) is 25.4 Å². The van der Waals surface area contributed by atoms with E-state index in [1.165, 1.54) is 0 Å². The molecular formula is C15H18N8O2. The van der Waals surface area contributed by atoms with Gasteiger partial charge in [-0.2, -0.15) is 4.98 Å². The minimum absolute atomic E-state index is 0.149. The highest BCUT2D eigenvalue weighted by molar-refractivity contribution is 5.91. The SMILES string of the molecule is COc1cc2nc(NC3CCn4nnnc4C3)nc(N)c2cc1OC. The molecule has 3 aromatic rings. The fourth-order valence-electron chi connectivity index (χ4n) is 2.99. The molecule has 10 heteroatoms. The Morgan fingerprint density at radius 2 is 2.00 bits per heavy atom. The van der Waals surface area contributed by atoms with Crippen molar-refractivity contribution in [1.82, 2.24) is 30.2 Å². The van der Waals surface area contributed by atoms with E-state index in [1.54, 1.807) is 26.4 Å². The van der Waals surface area contributed by atoms with Gasteiger partial charge < -0.3 is 20.5 Å². The van der Waals surface area contributed by atoms with Crippen LogP contribution in [0.15, 0.2) is 12.1 Å². The van der Waals surface area contributed by atoms with Crippen molar-refractivity contribution in [1.29, 1.82) is 0 Å². The number of hydrogen-bond acceptors (Lipinski definition) is 9. The molecule has 1 aliphatic rings. The number of benzene rings is 1. The molecule has 0 spiro atoms. The van der Waals surface area contributed by atoms with Gasteiger partial charge >= 0.3 is 0 Å². The Bertz CT molecular complexity index is 925. The topological polar surface area (TPSA) is 126 Å². The van der Waals surface area contributed by atoms with Crippen LogP contribution in [0.25, 0.3) is 10.9 Å². The van der Waals surface area contributed by atoms with Gasteiger partial charge in [-0.15, -0.1) is 5.10 Å². The molecule has 130 valence electrons. The number of rotatable bonds is 4. The molecule has 1 atom stereocenters. The van der Waals surface area contributed by atoms with Crippen LogP contribution in [0.2, 0.25) is 0 Å². The monoisotopic (exact) mass is 342 g/mol. The molecule has 0 radical (unpaired) electrons. The molecule has 0 aliphatic carbocycles. The molecule has 4 rings (SSSR count). The normalized spacial score (nSPS) is 16.5. The molecule has 0 saturated carbocycles. The number of nitrogens with two attached hydrogens (primary N) is 1. The maximum atomic E-state index is 6.11. The quantitative estimate of drug-likeness (QED) is 0.702. The minimum atomic E-state index is 0.149. The van der Waals surface area contributed by atoms with Crippen LogP contribution in [0.3, 0.4) is 0 Å². The zero-order chi connectivity index (χ0) is 17.4. The zero-order valence-electron chi connectivity index (χ0n) is 13.9. The second-order valence-electron chi connectivity index (χ2n) is 5.81. The van der Waals surface area contributed by atoms with Gasteiger partial charge in [0.2, 0.25) is 5.95 Å². The van der Waals surface area contributed by atoms with Crippen molar-refractivity contribution in [3.8, 4) is 11.5 Å². The molecular weight excluding hydrogens is 324 g/mol. The van der Waals surface area contributed by atoms with Crippen molar-refractivity contribution in [2.24, 2.45) is 0 Å². The van der Waals surface area contributed by atoms with Gasteiger partial charge in [-0.05, 0) is 22.9 Å². The molecule has 1 aliphatic heterocycles. The molecule has 25 heavy (non-hydrogen) atoms. The van der Waals surface area contributed by atoms with Gasteiger partial charge in [-0.3, -0.25) is 0 Å². The number of aromatic nitrogens is 6. The third-order valence-electron chi connectivity index (χ3n) is 4.29. The first-order chi connectivity index (χ1) is 12.2. The molecule has 2 aromatic heterocycles. The second kappa shape index (κ2) is 6.04. The summed E-state index contributed by atoms with van der Waals surface area (Å²) in [4.78, 5) is 8.93. The second-order valence-corrected chi connectivity index (χ2v) is 5.81. The first-order valence-corrected chi connectivity index (χ1v) is 7.88. The van der Waals surface area contributed by atoms with Crippen LogP contribution in [0.5, 0.6) is 11.5 Å². The van der Waals surface area contributed by atoms with Crippen LogP contribution in [0, 0.1) is 0 Å². The van der Waals surface area contributed by atoms with Gasteiger partial charge in [0.25, 0.3) is 0 Å². The number of aryl methyl sites for hydroxylation is 1. The molecule has 0 saturated heterocycles. The molecule has 0 amide bonds. The van der Waals surface area contributed by atoms with Crippen molar-refractivity contribution < 1.29 is 9.47 Å². The summed E-state index contributed by atoms with van der Waals surface area (Å²) in [6.45, 7) is 0.758. The number of nitrogens with zero attached hydrogens (tertiary/aromatic N) is 6. The lowest BCUT2D eigenvalue weighted by Crippen LogP contribution is -2.31. The summed E-state index contributed by atoms with van der Waals surface area (Å²) in [7, 11) is 3.16. The van der Waals surface area contributed by atoms with E-state index in [9.17, 15) is 0 Å². The number of tetrazole rings is 1. The van der Waals surface area contributed by atoms with Crippen LogP contribution < -0.4 is 20.5 Å². The number of methoxy groups -OCH3 is 2. The number of anilines is 2. The standard InChI is InChI=1S/C15H18N8O2/c1-24-11-6-9-10(7-12(11)25-2)18-15(19-14(9)16)17-8-3-4-23-13(5-8)20-21-22-23/h6-8H,3-5H2,1-2H3,(H3,16,17,18,19). The summed E-state index contributed by atoms with van der Waals surface area (Å²) in [6.07, 6.45) is 1.59. The van der Waals surface area contributed by atoms with E-state index >= 15 is 0 Å². The van der Waals surface area contributed by atoms with Crippen molar-refractivity contribution in [3.05, 3.63) is 18.0 Å². The average molecular weight is 342 g/mol. The third kappa shape index (κ3) is 2.75. The lowest BCUT2D eigenvalue weighted by Gasteiger charge is -2.22. The number of fused-ring (bicyclic) bond motifs is 2. The van der Waals surface area contributed by atoms with Gasteiger partial charge in [-0.25, -0.2) is 9.67 Å². The Labute approximate surface area is 143 Å². The number of hydrogen-bond donors (Lipinski definition) is 2. The summed E-state index contributed by atoms with van der Waals surface area (Å²) in [5.74, 6) is 2.89. The summed E-state index contributed by atoms with van der Waals surface area (Å²) in [6, 6.07) is 3.72. The van der Waals surface area contributed by atoms with E-state index in [2.05, 4.69) is 30.8 Å². The Kier molecular flexibility index (Phi) is 3.71. The first kappa shape index (κ1) is 15.4. The lowest BCUT2D eigenvalue weighted by atomic mass is 10.1. The minimum Gasteiger partial charge on any atom is -0.493 e. The fraction of sp³-hybridized carbons (Fsp3) is 0.400. The van der Waals surface area contributed by atoms with Gasteiger partial charge in [0.1, 0.15) is 5.82 Å². The summed E-state index contributed by atoms with van der Waals surface area (Å²) in [5.41, 5.74) is 6.80. The number of ether oxygens (including phenoxy) is 2. The van der Waals surface area contributed by atoms with Crippen LogP contribution in [0.4, 0.5) is 11.8 Å². The molecule has 3 heterocycles. The molecule has 10 nitrogen and oxygen atoms in total. The van der Waals surface area contributed by atoms with Gasteiger partial charge in [0, 0.05) is 30.5 Å². The predicted molar refractivity (Wildman–Crippen MR) is 90.6 cm³/mol. The average Bonchev–Trinajstić information content (AvgIpc) is 3.08. The van der Waals surface area contributed by atoms with E-state index in [1.807, 2.05) is 4.68 Å². The highest BCUT2D eigenvalue weighted by Gasteiger charge is 2.22. The Hall–Kier alpha value is -3.17. The highest BCUT2D eigenvalue weighted by atomic mass is 16.5. The van der Waals surface area contributed by atoms with Gasteiger partial charge in [-0.1, -0.05) is 0 Å². The summed E-state index contributed by atoms with van der Waals surface area (Å²) < 4.78 is 12.4.